The zero-order valence-corrected chi connectivity index (χ0v) is 18.4. The average molecular weight is 426 g/mol. The van der Waals surface area contributed by atoms with Crippen molar-refractivity contribution in [1.29, 1.82) is 0 Å². The quantitative estimate of drug-likeness (QED) is 0.575. The molecule has 0 spiro atoms. The van der Waals surface area contributed by atoms with Crippen molar-refractivity contribution >= 4 is 27.5 Å². The molecular weight excluding hydrogens is 398 g/mol. The average Bonchev–Trinajstić information content (AvgIpc) is 3.37. The number of pyridine rings is 1. The number of aromatic nitrogens is 1. The highest BCUT2D eigenvalue weighted by atomic mass is 32.1. The number of likely N-dealkylation sites (tertiary alicyclic amines) is 1. The van der Waals surface area contributed by atoms with Crippen molar-refractivity contribution in [2.45, 2.75) is 12.3 Å². The molecule has 0 radical (unpaired) electrons. The number of thiophene rings is 1. The maximum Gasteiger partial charge on any atom is 0.263 e. The second-order valence-corrected chi connectivity index (χ2v) is 8.71. The summed E-state index contributed by atoms with van der Waals surface area (Å²) in [7, 11) is 5.27. The van der Waals surface area contributed by atoms with E-state index in [4.69, 9.17) is 9.47 Å². The number of hydrogen-bond acceptors (Lipinski definition) is 6. The van der Waals surface area contributed by atoms with Crippen molar-refractivity contribution in [2.75, 3.05) is 47.4 Å². The summed E-state index contributed by atoms with van der Waals surface area (Å²) < 4.78 is 11.1. The number of ether oxygens (including phenoxy) is 2. The number of methoxy groups -OCH3 is 1. The van der Waals surface area contributed by atoms with Crippen LogP contribution >= 0.6 is 11.3 Å². The van der Waals surface area contributed by atoms with Crippen LogP contribution in [0.15, 0.2) is 42.6 Å². The van der Waals surface area contributed by atoms with Gasteiger partial charge in [0, 0.05) is 44.7 Å². The molecule has 1 aliphatic heterocycles. The van der Waals surface area contributed by atoms with Crippen LogP contribution in [-0.4, -0.2) is 68.1 Å². The molecule has 30 heavy (non-hydrogen) atoms. The van der Waals surface area contributed by atoms with Gasteiger partial charge in [-0.1, -0.05) is 6.07 Å². The fourth-order valence-electron chi connectivity index (χ4n) is 3.95. The highest BCUT2D eigenvalue weighted by molar-refractivity contribution is 7.20. The standard InChI is InChI=1S/C23H27N3O3S/c1-25(2)23(27)21-20(19-5-4-11-24-22(19)30-21)16-10-12-26(15-16)13-14-29-18-8-6-17(28-3)7-9-18/h4-9,11,16H,10,12-15H2,1-3H3/t16-/m0/s1. The maximum atomic E-state index is 12.8. The van der Waals surface area contributed by atoms with Crippen LogP contribution in [0, 0.1) is 0 Å². The highest BCUT2D eigenvalue weighted by Crippen LogP contribution is 2.39. The largest absolute Gasteiger partial charge is 0.497 e. The first kappa shape index (κ1) is 20.6. The van der Waals surface area contributed by atoms with Gasteiger partial charge in [-0.3, -0.25) is 9.69 Å². The highest BCUT2D eigenvalue weighted by Gasteiger charge is 2.31. The van der Waals surface area contributed by atoms with Crippen LogP contribution in [0.3, 0.4) is 0 Å². The van der Waals surface area contributed by atoms with E-state index < -0.39 is 0 Å². The third kappa shape index (κ3) is 4.27. The first-order valence-corrected chi connectivity index (χ1v) is 11.0. The minimum absolute atomic E-state index is 0.0642. The molecule has 1 atom stereocenters. The number of benzene rings is 1. The molecule has 7 heteroatoms. The molecule has 0 aliphatic carbocycles. The molecule has 4 rings (SSSR count). The molecule has 1 amide bonds. The number of carbonyl (C=O) groups is 1. The summed E-state index contributed by atoms with van der Waals surface area (Å²) in [5.74, 6) is 2.07. The van der Waals surface area contributed by atoms with Gasteiger partial charge in [0.2, 0.25) is 0 Å². The smallest absolute Gasteiger partial charge is 0.263 e. The van der Waals surface area contributed by atoms with Crippen molar-refractivity contribution in [3.63, 3.8) is 0 Å². The molecule has 0 unspecified atom stereocenters. The van der Waals surface area contributed by atoms with E-state index in [0.717, 1.165) is 52.6 Å². The van der Waals surface area contributed by atoms with Gasteiger partial charge < -0.3 is 14.4 Å². The van der Waals surface area contributed by atoms with Gasteiger partial charge in [0.05, 0.1) is 12.0 Å². The van der Waals surface area contributed by atoms with E-state index in [1.807, 2.05) is 30.3 Å². The molecule has 3 heterocycles. The van der Waals surface area contributed by atoms with Crippen molar-refractivity contribution in [3.8, 4) is 11.5 Å². The van der Waals surface area contributed by atoms with Gasteiger partial charge >= 0.3 is 0 Å². The van der Waals surface area contributed by atoms with Crippen LogP contribution in [0.1, 0.15) is 27.6 Å². The second-order valence-electron chi connectivity index (χ2n) is 7.71. The molecule has 6 nitrogen and oxygen atoms in total. The Morgan fingerprint density at radius 3 is 2.73 bits per heavy atom. The Morgan fingerprint density at radius 1 is 1.23 bits per heavy atom. The van der Waals surface area contributed by atoms with Crippen molar-refractivity contribution in [2.24, 2.45) is 0 Å². The first-order chi connectivity index (χ1) is 14.6. The zero-order chi connectivity index (χ0) is 21.1. The fraction of sp³-hybridized carbons (Fsp3) is 0.391. The fourth-order valence-corrected chi connectivity index (χ4v) is 5.21. The minimum Gasteiger partial charge on any atom is -0.497 e. The first-order valence-electron chi connectivity index (χ1n) is 10.1. The summed E-state index contributed by atoms with van der Waals surface area (Å²) in [5, 5.41) is 1.12. The number of fused-ring (bicyclic) bond motifs is 1. The van der Waals surface area contributed by atoms with Gasteiger partial charge in [0.15, 0.2) is 0 Å². The lowest BCUT2D eigenvalue weighted by Gasteiger charge is -2.18. The Bertz CT molecular complexity index is 1020. The molecule has 2 aromatic heterocycles. The van der Waals surface area contributed by atoms with Gasteiger partial charge in [-0.05, 0) is 48.9 Å². The normalized spacial score (nSPS) is 16.7. The van der Waals surface area contributed by atoms with Crippen LogP contribution in [0.25, 0.3) is 10.2 Å². The Balaban J connectivity index is 1.43. The minimum atomic E-state index is 0.0642. The van der Waals surface area contributed by atoms with Gasteiger partial charge in [-0.25, -0.2) is 4.98 Å². The Morgan fingerprint density at radius 2 is 2.00 bits per heavy atom. The maximum absolute atomic E-state index is 12.8. The Labute approximate surface area is 181 Å². The molecule has 1 fully saturated rings. The molecule has 0 saturated carbocycles. The summed E-state index contributed by atoms with van der Waals surface area (Å²) >= 11 is 1.51. The monoisotopic (exact) mass is 425 g/mol. The van der Waals surface area contributed by atoms with E-state index in [0.29, 0.717) is 12.5 Å². The molecule has 3 aromatic rings. The summed E-state index contributed by atoms with van der Waals surface area (Å²) in [6, 6.07) is 11.7. The third-order valence-electron chi connectivity index (χ3n) is 5.52. The Hall–Kier alpha value is -2.64. The summed E-state index contributed by atoms with van der Waals surface area (Å²) in [6.07, 6.45) is 2.83. The van der Waals surface area contributed by atoms with Gasteiger partial charge in [-0.15, -0.1) is 11.3 Å². The van der Waals surface area contributed by atoms with Crippen molar-refractivity contribution in [1.82, 2.24) is 14.8 Å². The number of hydrogen-bond donors (Lipinski definition) is 0. The van der Waals surface area contributed by atoms with E-state index in [9.17, 15) is 4.79 Å². The summed E-state index contributed by atoms with van der Waals surface area (Å²) in [6.45, 7) is 3.43. The third-order valence-corrected chi connectivity index (χ3v) is 6.64. The lowest BCUT2D eigenvalue weighted by atomic mass is 9.95. The topological polar surface area (TPSA) is 54.9 Å². The summed E-state index contributed by atoms with van der Waals surface area (Å²) in [4.78, 5) is 23.2. The predicted molar refractivity (Wildman–Crippen MR) is 120 cm³/mol. The van der Waals surface area contributed by atoms with E-state index in [1.54, 1.807) is 32.3 Å². The van der Waals surface area contributed by atoms with E-state index in [2.05, 4.69) is 16.0 Å². The Kier molecular flexibility index (Phi) is 6.20. The van der Waals surface area contributed by atoms with Crippen LogP contribution in [0.5, 0.6) is 11.5 Å². The summed E-state index contributed by atoms with van der Waals surface area (Å²) in [5.41, 5.74) is 1.17. The lowest BCUT2D eigenvalue weighted by molar-refractivity contribution is 0.0831. The molecule has 1 saturated heterocycles. The molecule has 0 bridgehead atoms. The zero-order valence-electron chi connectivity index (χ0n) is 17.6. The van der Waals surface area contributed by atoms with Crippen molar-refractivity contribution < 1.29 is 14.3 Å². The molecule has 1 aromatic carbocycles. The predicted octanol–water partition coefficient (Wildman–Crippen LogP) is 3.88. The number of rotatable bonds is 7. The van der Waals surface area contributed by atoms with Crippen LogP contribution in [0.4, 0.5) is 0 Å². The van der Waals surface area contributed by atoms with Crippen LogP contribution < -0.4 is 9.47 Å². The van der Waals surface area contributed by atoms with Crippen molar-refractivity contribution in [3.05, 3.63) is 53.0 Å². The second kappa shape index (κ2) is 9.02. The molecular formula is C23H27N3O3S. The number of amides is 1. The SMILES string of the molecule is COc1ccc(OCCN2CC[C@H](c3c(C(=O)N(C)C)sc4ncccc34)C2)cc1. The lowest BCUT2D eigenvalue weighted by Crippen LogP contribution is -2.26. The van der Waals surface area contributed by atoms with E-state index in [1.165, 1.54) is 16.9 Å². The van der Waals surface area contributed by atoms with E-state index in [-0.39, 0.29) is 5.91 Å². The van der Waals surface area contributed by atoms with Gasteiger partial charge in [-0.2, -0.15) is 0 Å². The van der Waals surface area contributed by atoms with Crippen LogP contribution in [-0.2, 0) is 0 Å². The van der Waals surface area contributed by atoms with Gasteiger partial charge in [0.25, 0.3) is 5.91 Å². The van der Waals surface area contributed by atoms with E-state index >= 15 is 0 Å². The molecule has 0 N–H and O–H groups in total. The molecule has 158 valence electrons. The van der Waals surface area contributed by atoms with Gasteiger partial charge in [0.1, 0.15) is 22.9 Å². The number of nitrogens with zero attached hydrogens (tertiary/aromatic N) is 3. The van der Waals surface area contributed by atoms with Crippen LogP contribution in [0.2, 0.25) is 0 Å². The molecule has 1 aliphatic rings. The number of carbonyl (C=O) groups excluding carboxylic acids is 1.